The van der Waals surface area contributed by atoms with E-state index in [4.69, 9.17) is 4.74 Å². The highest BCUT2D eigenvalue weighted by atomic mass is 19.1. The van der Waals surface area contributed by atoms with E-state index in [0.29, 0.717) is 43.2 Å². The Kier molecular flexibility index (Phi) is 11.0. The monoisotopic (exact) mass is 667 g/mol. The van der Waals surface area contributed by atoms with E-state index >= 15 is 0 Å². The third kappa shape index (κ3) is 8.90. The number of halogens is 1. The van der Waals surface area contributed by atoms with Crippen molar-refractivity contribution in [1.29, 1.82) is 0 Å². The molecule has 0 unspecified atom stereocenters. The molecule has 1 atom stereocenters. The molecule has 3 N–H and O–H groups in total. The summed E-state index contributed by atoms with van der Waals surface area (Å²) in [6.07, 6.45) is 5.96. The molecule has 11 heteroatoms. The average molecular weight is 668 g/mol. The van der Waals surface area contributed by atoms with Gasteiger partial charge in [0.25, 0.3) is 11.8 Å². The Morgan fingerprint density at radius 3 is 2.41 bits per heavy atom. The first-order chi connectivity index (χ1) is 23.7. The molecule has 3 heterocycles. The molecule has 4 aromatic rings. The molecular weight excluding hydrogens is 621 g/mol. The lowest BCUT2D eigenvalue weighted by Gasteiger charge is -2.33. The quantitative estimate of drug-likeness (QED) is 0.196. The van der Waals surface area contributed by atoms with Crippen molar-refractivity contribution in [2.24, 2.45) is 7.05 Å². The second kappa shape index (κ2) is 15.7. The van der Waals surface area contributed by atoms with Gasteiger partial charge in [-0.25, -0.2) is 9.37 Å². The van der Waals surface area contributed by atoms with Gasteiger partial charge in [-0.15, -0.1) is 0 Å². The van der Waals surface area contributed by atoms with Crippen LogP contribution in [0.5, 0.6) is 11.6 Å². The van der Waals surface area contributed by atoms with Crippen LogP contribution in [0, 0.1) is 12.7 Å². The minimum Gasteiger partial charge on any atom is -0.438 e. The maximum Gasteiger partial charge on any atom is 0.272 e. The van der Waals surface area contributed by atoms with E-state index < -0.39 is 11.7 Å². The summed E-state index contributed by atoms with van der Waals surface area (Å²) in [6.45, 7) is 8.51. The summed E-state index contributed by atoms with van der Waals surface area (Å²) in [5, 5.41) is 13.8. The van der Waals surface area contributed by atoms with E-state index in [1.165, 1.54) is 5.56 Å². The van der Waals surface area contributed by atoms with E-state index in [-0.39, 0.29) is 29.4 Å². The molecule has 10 nitrogen and oxygen atoms in total. The number of hydrogen-bond donors (Lipinski definition) is 3. The Labute approximate surface area is 287 Å². The zero-order valence-electron chi connectivity index (χ0n) is 28.5. The highest BCUT2D eigenvalue weighted by Gasteiger charge is 2.26. The molecule has 1 aliphatic heterocycles. The van der Waals surface area contributed by atoms with Gasteiger partial charge in [0.15, 0.2) is 0 Å². The third-order valence-electron chi connectivity index (χ3n) is 9.69. The fourth-order valence-electron chi connectivity index (χ4n) is 6.66. The van der Waals surface area contributed by atoms with E-state index in [9.17, 15) is 14.0 Å². The van der Waals surface area contributed by atoms with Crippen molar-refractivity contribution in [3.8, 4) is 22.8 Å². The molecule has 0 radical (unpaired) electrons. The van der Waals surface area contributed by atoms with Crippen LogP contribution in [0.3, 0.4) is 0 Å². The maximum atomic E-state index is 14.3. The molecule has 2 amide bonds. The van der Waals surface area contributed by atoms with Gasteiger partial charge >= 0.3 is 0 Å². The molecule has 2 aromatic carbocycles. The zero-order chi connectivity index (χ0) is 34.3. The van der Waals surface area contributed by atoms with Crippen LogP contribution >= 0.6 is 0 Å². The summed E-state index contributed by atoms with van der Waals surface area (Å²) in [6, 6.07) is 19.6. The van der Waals surface area contributed by atoms with Crippen molar-refractivity contribution in [3.05, 3.63) is 95.2 Å². The number of aryl methyl sites for hydroxylation is 3. The molecule has 6 rings (SSSR count). The molecule has 2 aromatic heterocycles. The molecule has 49 heavy (non-hydrogen) atoms. The van der Waals surface area contributed by atoms with Gasteiger partial charge in [-0.2, -0.15) is 5.10 Å². The molecule has 258 valence electrons. The Morgan fingerprint density at radius 1 is 0.980 bits per heavy atom. The number of pyridine rings is 1. The zero-order valence-corrected chi connectivity index (χ0v) is 28.5. The Bertz CT molecular complexity index is 1730. The van der Waals surface area contributed by atoms with Crippen molar-refractivity contribution < 1.29 is 18.7 Å². The highest BCUT2D eigenvalue weighted by Crippen LogP contribution is 2.29. The van der Waals surface area contributed by atoms with Crippen molar-refractivity contribution in [1.82, 2.24) is 35.6 Å². The third-order valence-corrected chi connectivity index (χ3v) is 9.69. The van der Waals surface area contributed by atoms with Crippen LogP contribution < -0.4 is 20.7 Å². The molecule has 0 spiro atoms. The summed E-state index contributed by atoms with van der Waals surface area (Å²) in [7, 11) is 1.80. The number of rotatable bonds is 11. The minimum absolute atomic E-state index is 0.00695. The summed E-state index contributed by atoms with van der Waals surface area (Å²) in [5.74, 6) is -0.728. The predicted molar refractivity (Wildman–Crippen MR) is 187 cm³/mol. The van der Waals surface area contributed by atoms with Crippen LogP contribution in [0.2, 0.25) is 0 Å². The smallest absolute Gasteiger partial charge is 0.272 e. The number of nitrogens with one attached hydrogen (secondary N) is 3. The van der Waals surface area contributed by atoms with E-state index in [0.717, 1.165) is 68.1 Å². The van der Waals surface area contributed by atoms with Crippen LogP contribution in [0.15, 0.2) is 66.9 Å². The van der Waals surface area contributed by atoms with E-state index in [2.05, 4.69) is 62.1 Å². The fraction of sp³-hybridized carbons (Fsp3) is 0.421. The van der Waals surface area contributed by atoms with Crippen molar-refractivity contribution >= 4 is 11.8 Å². The molecule has 2 aliphatic rings. The summed E-state index contributed by atoms with van der Waals surface area (Å²) in [5.41, 5.74) is 4.66. The highest BCUT2D eigenvalue weighted by molar-refractivity contribution is 5.96. The number of ether oxygens (including phenoxy) is 1. The van der Waals surface area contributed by atoms with E-state index in [1.54, 1.807) is 23.9 Å². The number of hydrogen-bond acceptors (Lipinski definition) is 7. The second-order valence-corrected chi connectivity index (χ2v) is 13.3. The van der Waals surface area contributed by atoms with Gasteiger partial charge < -0.3 is 20.7 Å². The number of nitrogens with zero attached hydrogens (tertiary/aromatic N) is 4. The van der Waals surface area contributed by atoms with Crippen molar-refractivity contribution in [3.63, 3.8) is 0 Å². The molecule has 1 saturated heterocycles. The van der Waals surface area contributed by atoms with Crippen LogP contribution in [0.25, 0.3) is 11.1 Å². The Hall–Kier alpha value is -4.61. The van der Waals surface area contributed by atoms with Gasteiger partial charge in [-0.05, 0) is 99.9 Å². The number of amides is 2. The minimum atomic E-state index is -0.620. The number of aromatic nitrogens is 3. The topological polar surface area (TPSA) is 113 Å². The molecule has 1 aliphatic carbocycles. The van der Waals surface area contributed by atoms with E-state index in [1.807, 2.05) is 25.1 Å². The number of piperazine rings is 1. The molecular formula is C38H46FN7O3. The predicted octanol–water partition coefficient (Wildman–Crippen LogP) is 5.42. The van der Waals surface area contributed by atoms with Crippen LogP contribution in [-0.4, -0.2) is 75.8 Å². The summed E-state index contributed by atoms with van der Waals surface area (Å²) < 4.78 is 22.1. The number of carbonyl (C=O) groups excluding carboxylic acids is 2. The first kappa shape index (κ1) is 34.3. The van der Waals surface area contributed by atoms with Crippen molar-refractivity contribution in [2.45, 2.75) is 70.5 Å². The largest absolute Gasteiger partial charge is 0.438 e. The fourth-order valence-corrected chi connectivity index (χ4v) is 6.66. The van der Waals surface area contributed by atoms with Crippen LogP contribution in [-0.2, 0) is 13.5 Å². The normalized spacial score (nSPS) is 19.7. The van der Waals surface area contributed by atoms with Crippen molar-refractivity contribution in [2.75, 3.05) is 26.2 Å². The SMILES string of the molecule is Cc1cc(C(=O)N[C@H]2CC[C@H](NC(=O)c3cc(F)cnc3Oc3cccc(-c4ccc(CCCN5CCNC[C@H]5C)cc4)c3)CC2)nn1C. The first-order valence-corrected chi connectivity index (χ1v) is 17.3. The van der Waals surface area contributed by atoms with Gasteiger partial charge in [0.05, 0.1) is 6.20 Å². The van der Waals surface area contributed by atoms with Gasteiger partial charge in [0, 0.05) is 50.5 Å². The summed E-state index contributed by atoms with van der Waals surface area (Å²) in [4.78, 5) is 32.7. The van der Waals surface area contributed by atoms with Gasteiger partial charge in [0.1, 0.15) is 22.8 Å². The lowest BCUT2D eigenvalue weighted by atomic mass is 9.91. The van der Waals surface area contributed by atoms with Gasteiger partial charge in [0.2, 0.25) is 5.88 Å². The van der Waals surface area contributed by atoms with Gasteiger partial charge in [-0.3, -0.25) is 19.2 Å². The van der Waals surface area contributed by atoms with Crippen LogP contribution in [0.1, 0.15) is 71.1 Å². The standard InChI is InChI=1S/C38H46FN7O3/c1-25-20-35(44-45(25)3)37(48)43-32-15-13-31(14-16-32)42-36(47)34-22-30(39)24-41-38(34)49-33-8-4-7-29(21-33)28-11-9-27(10-12-28)6-5-18-46-19-17-40-23-26(46)2/h4,7-12,20-22,24,26,31-32,40H,5-6,13-19,23H2,1-3H3,(H,42,47)(H,43,48)/t26-,31-,32-/m1/s1. The lowest BCUT2D eigenvalue weighted by Crippen LogP contribution is -2.49. The molecule has 0 bridgehead atoms. The van der Waals surface area contributed by atoms with Gasteiger partial charge in [-0.1, -0.05) is 36.4 Å². The summed E-state index contributed by atoms with van der Waals surface area (Å²) >= 11 is 0. The second-order valence-electron chi connectivity index (χ2n) is 13.3. The Morgan fingerprint density at radius 2 is 1.71 bits per heavy atom. The van der Waals surface area contributed by atoms with Crippen LogP contribution in [0.4, 0.5) is 4.39 Å². The number of carbonyl (C=O) groups is 2. The number of benzene rings is 2. The maximum absolute atomic E-state index is 14.3. The molecule has 2 fully saturated rings. The molecule has 1 saturated carbocycles. The lowest BCUT2D eigenvalue weighted by molar-refractivity contribution is 0.0887. The average Bonchev–Trinajstić information content (AvgIpc) is 3.45. The Balaban J connectivity index is 1.03. The first-order valence-electron chi connectivity index (χ1n) is 17.3.